The van der Waals surface area contributed by atoms with Gasteiger partial charge in [0.1, 0.15) is 19.0 Å². The van der Waals surface area contributed by atoms with Crippen LogP contribution >= 0.6 is 0 Å². The number of nitrogens with two attached hydrogens (primary N) is 1. The maximum absolute atomic E-state index is 12.2. The molecule has 0 bridgehead atoms. The predicted molar refractivity (Wildman–Crippen MR) is 66.0 cm³/mol. The first-order chi connectivity index (χ1) is 8.74. The third-order valence-corrected chi connectivity index (χ3v) is 2.90. The van der Waals surface area contributed by atoms with Crippen molar-refractivity contribution >= 4 is 0 Å². The minimum atomic E-state index is -0.520. The Morgan fingerprint density at radius 1 is 1.39 bits per heavy atom. The summed E-state index contributed by atoms with van der Waals surface area (Å²) in [5.41, 5.74) is 6.88. The van der Waals surface area contributed by atoms with E-state index in [0.29, 0.717) is 23.7 Å². The molecule has 0 amide bonds. The van der Waals surface area contributed by atoms with Gasteiger partial charge in [-0.3, -0.25) is 0 Å². The van der Waals surface area contributed by atoms with E-state index in [1.54, 1.807) is 6.07 Å². The molecule has 0 saturated heterocycles. The minimum absolute atomic E-state index is 0.0357. The zero-order valence-corrected chi connectivity index (χ0v) is 10.4. The Labute approximate surface area is 106 Å². The average Bonchev–Trinajstić information content (AvgIpc) is 2.82. The maximum atomic E-state index is 12.2. The third kappa shape index (κ3) is 2.85. The smallest absolute Gasteiger partial charge is 0.231 e. The van der Waals surface area contributed by atoms with Crippen molar-refractivity contribution in [2.45, 2.75) is 25.8 Å². The molecular weight excluding hydrogens is 237 g/mol. The van der Waals surface area contributed by atoms with Crippen LogP contribution in [0, 0.1) is 0 Å². The van der Waals surface area contributed by atoms with Gasteiger partial charge in [0.15, 0.2) is 11.5 Å². The average molecular weight is 255 g/mol. The molecule has 0 radical (unpaired) electrons. The molecule has 1 aliphatic rings. The third-order valence-electron chi connectivity index (χ3n) is 2.90. The fourth-order valence-corrected chi connectivity index (χ4v) is 1.83. The largest absolute Gasteiger partial charge is 0.490 e. The van der Waals surface area contributed by atoms with Crippen LogP contribution < -0.4 is 19.9 Å². The van der Waals surface area contributed by atoms with Crippen LogP contribution in [0.25, 0.3) is 0 Å². The van der Waals surface area contributed by atoms with E-state index >= 15 is 0 Å². The summed E-state index contributed by atoms with van der Waals surface area (Å²) in [6.45, 7) is 1.75. The lowest BCUT2D eigenvalue weighted by atomic mass is 10.0. The van der Waals surface area contributed by atoms with Crippen molar-refractivity contribution in [3.8, 4) is 17.2 Å². The monoisotopic (exact) mass is 255 g/mol. The van der Waals surface area contributed by atoms with Crippen LogP contribution in [0.3, 0.4) is 0 Å². The van der Waals surface area contributed by atoms with E-state index in [-0.39, 0.29) is 19.4 Å². The lowest BCUT2D eigenvalue weighted by Crippen LogP contribution is -2.21. The van der Waals surface area contributed by atoms with Crippen molar-refractivity contribution in [2.24, 2.45) is 5.73 Å². The number of ether oxygens (including phenoxy) is 3. The Bertz CT molecular complexity index is 411. The summed E-state index contributed by atoms with van der Waals surface area (Å²) in [7, 11) is 0. The molecule has 100 valence electrons. The molecule has 5 heteroatoms. The molecule has 0 saturated carbocycles. The lowest BCUT2D eigenvalue weighted by molar-refractivity contribution is 0.173. The van der Waals surface area contributed by atoms with Crippen LogP contribution in [0.2, 0.25) is 0 Å². The normalized spacial score (nSPS) is 14.6. The Kier molecular flexibility index (Phi) is 4.25. The van der Waals surface area contributed by atoms with Gasteiger partial charge < -0.3 is 19.9 Å². The van der Waals surface area contributed by atoms with Gasteiger partial charge >= 0.3 is 0 Å². The molecule has 4 nitrogen and oxygen atoms in total. The first-order valence-corrected chi connectivity index (χ1v) is 6.11. The predicted octanol–water partition coefficient (Wildman–Crippen LogP) is 2.04. The second kappa shape index (κ2) is 5.91. The van der Waals surface area contributed by atoms with Crippen molar-refractivity contribution < 1.29 is 18.6 Å². The van der Waals surface area contributed by atoms with Crippen LogP contribution in [-0.2, 0) is 6.42 Å². The van der Waals surface area contributed by atoms with E-state index in [2.05, 4.69) is 0 Å². The summed E-state index contributed by atoms with van der Waals surface area (Å²) in [5, 5.41) is 0. The molecule has 0 aromatic heterocycles. The second-order valence-corrected chi connectivity index (χ2v) is 4.22. The van der Waals surface area contributed by atoms with Crippen LogP contribution in [0.1, 0.15) is 18.9 Å². The fraction of sp³-hybridized carbons (Fsp3) is 0.538. The Balaban J connectivity index is 2.23. The van der Waals surface area contributed by atoms with Gasteiger partial charge in [0, 0.05) is 12.1 Å². The topological polar surface area (TPSA) is 53.7 Å². The van der Waals surface area contributed by atoms with Crippen molar-refractivity contribution in [3.05, 3.63) is 17.7 Å². The first-order valence-electron chi connectivity index (χ1n) is 6.11. The molecule has 18 heavy (non-hydrogen) atoms. The molecular formula is C13H18FNO3. The number of alkyl halides is 1. The van der Waals surface area contributed by atoms with Crippen LogP contribution in [0.4, 0.5) is 4.39 Å². The Hall–Kier alpha value is -1.49. The highest BCUT2D eigenvalue weighted by Gasteiger charge is 2.19. The molecule has 0 spiro atoms. The first kappa shape index (κ1) is 13.0. The van der Waals surface area contributed by atoms with Gasteiger partial charge in [-0.1, -0.05) is 6.92 Å². The molecule has 0 aliphatic carbocycles. The molecule has 1 atom stereocenters. The molecule has 1 unspecified atom stereocenters. The summed E-state index contributed by atoms with van der Waals surface area (Å²) in [5.74, 6) is 1.96. The van der Waals surface area contributed by atoms with Gasteiger partial charge in [0.2, 0.25) is 6.79 Å². The molecule has 1 heterocycles. The second-order valence-electron chi connectivity index (χ2n) is 4.22. The number of hydrogen-bond donors (Lipinski definition) is 1. The van der Waals surface area contributed by atoms with Crippen LogP contribution in [0.5, 0.6) is 17.2 Å². The fourth-order valence-electron chi connectivity index (χ4n) is 1.83. The zero-order chi connectivity index (χ0) is 13.0. The summed E-state index contributed by atoms with van der Waals surface area (Å²) in [6, 6.07) is 3.67. The zero-order valence-electron chi connectivity index (χ0n) is 10.4. The highest BCUT2D eigenvalue weighted by Crippen LogP contribution is 2.38. The molecule has 1 aromatic rings. The van der Waals surface area contributed by atoms with Crippen molar-refractivity contribution in [2.75, 3.05) is 20.1 Å². The SMILES string of the molecule is CCC(N)Cc1cc2c(cc1OCCF)OCO2. The van der Waals surface area contributed by atoms with Crippen LogP contribution in [0.15, 0.2) is 12.1 Å². The van der Waals surface area contributed by atoms with E-state index in [9.17, 15) is 4.39 Å². The number of halogens is 1. The van der Waals surface area contributed by atoms with Crippen LogP contribution in [-0.4, -0.2) is 26.1 Å². The Morgan fingerprint density at radius 2 is 2.11 bits per heavy atom. The van der Waals surface area contributed by atoms with E-state index < -0.39 is 6.67 Å². The number of fused-ring (bicyclic) bond motifs is 1. The minimum Gasteiger partial charge on any atom is -0.490 e. The molecule has 1 aliphatic heterocycles. The molecule has 0 fully saturated rings. The highest BCUT2D eigenvalue weighted by molar-refractivity contribution is 5.52. The molecule has 2 N–H and O–H groups in total. The Morgan fingerprint density at radius 3 is 2.78 bits per heavy atom. The summed E-state index contributed by atoms with van der Waals surface area (Å²) < 4.78 is 28.2. The van der Waals surface area contributed by atoms with E-state index in [1.807, 2.05) is 13.0 Å². The standard InChI is InChI=1S/C13H18FNO3/c1-2-10(15)5-9-6-12-13(18-8-17-12)7-11(9)16-4-3-14/h6-7,10H,2-5,8,15H2,1H3. The van der Waals surface area contributed by atoms with Crippen molar-refractivity contribution in [1.82, 2.24) is 0 Å². The van der Waals surface area contributed by atoms with Gasteiger partial charge in [-0.25, -0.2) is 4.39 Å². The summed E-state index contributed by atoms with van der Waals surface area (Å²) in [4.78, 5) is 0. The van der Waals surface area contributed by atoms with Gasteiger partial charge in [-0.05, 0) is 24.5 Å². The van der Waals surface area contributed by atoms with E-state index in [0.717, 1.165) is 12.0 Å². The highest BCUT2D eigenvalue weighted by atomic mass is 19.1. The number of rotatable bonds is 6. The van der Waals surface area contributed by atoms with Crippen molar-refractivity contribution in [1.29, 1.82) is 0 Å². The quantitative estimate of drug-likeness (QED) is 0.845. The van der Waals surface area contributed by atoms with Gasteiger partial charge in [0.25, 0.3) is 0 Å². The van der Waals surface area contributed by atoms with Gasteiger partial charge in [-0.15, -0.1) is 0 Å². The van der Waals surface area contributed by atoms with Gasteiger partial charge in [0.05, 0.1) is 0 Å². The molecule has 2 rings (SSSR count). The summed E-state index contributed by atoms with van der Waals surface area (Å²) in [6.07, 6.45) is 1.55. The van der Waals surface area contributed by atoms with E-state index in [4.69, 9.17) is 19.9 Å². The van der Waals surface area contributed by atoms with Crippen molar-refractivity contribution in [3.63, 3.8) is 0 Å². The number of benzene rings is 1. The van der Waals surface area contributed by atoms with E-state index in [1.165, 1.54) is 0 Å². The van der Waals surface area contributed by atoms with Gasteiger partial charge in [-0.2, -0.15) is 0 Å². The number of hydrogen-bond acceptors (Lipinski definition) is 4. The molecule has 1 aromatic carbocycles. The maximum Gasteiger partial charge on any atom is 0.231 e. The lowest BCUT2D eigenvalue weighted by Gasteiger charge is -2.14. The summed E-state index contributed by atoms with van der Waals surface area (Å²) >= 11 is 0.